The summed E-state index contributed by atoms with van der Waals surface area (Å²) in [6.45, 7) is 5.72. The lowest BCUT2D eigenvalue weighted by molar-refractivity contribution is -0.136. The van der Waals surface area contributed by atoms with Gasteiger partial charge in [0.1, 0.15) is 17.2 Å². The van der Waals surface area contributed by atoms with E-state index in [1.54, 1.807) is 18.2 Å². The maximum absolute atomic E-state index is 13.6. The van der Waals surface area contributed by atoms with Gasteiger partial charge < -0.3 is 30.2 Å². The average Bonchev–Trinajstić information content (AvgIpc) is 3.67. The zero-order chi connectivity index (χ0) is 28.7. The van der Waals surface area contributed by atoms with Gasteiger partial charge in [-0.25, -0.2) is 0 Å². The van der Waals surface area contributed by atoms with Crippen LogP contribution in [0.5, 0.6) is 5.75 Å². The molecule has 3 fully saturated rings. The molecule has 2 aromatic heterocycles. The third kappa shape index (κ3) is 5.91. The van der Waals surface area contributed by atoms with Crippen molar-refractivity contribution < 1.29 is 22.7 Å². The second-order valence-electron chi connectivity index (χ2n) is 11.1. The largest absolute Gasteiger partial charge is 0.495 e. The molecule has 0 atom stereocenters. The van der Waals surface area contributed by atoms with Crippen molar-refractivity contribution in [2.75, 3.05) is 64.1 Å². The molecular formula is C28H35F3N8O2. The number of piperazine rings is 1. The van der Waals surface area contributed by atoms with Crippen LogP contribution in [0.15, 0.2) is 24.4 Å². The smallest absolute Gasteiger partial charge is 0.418 e. The van der Waals surface area contributed by atoms with Crippen LogP contribution in [0, 0.1) is 0 Å². The summed E-state index contributed by atoms with van der Waals surface area (Å²) in [4.78, 5) is 31.5. The lowest BCUT2D eigenvalue weighted by atomic mass is 10.0. The molecule has 3 N–H and O–H groups in total. The third-order valence-electron chi connectivity index (χ3n) is 8.26. The number of aromatic nitrogens is 3. The summed E-state index contributed by atoms with van der Waals surface area (Å²) in [7, 11) is 3.65. The first kappa shape index (κ1) is 27.6. The molecule has 4 heterocycles. The fourth-order valence-electron chi connectivity index (χ4n) is 5.69. The van der Waals surface area contributed by atoms with Crippen molar-refractivity contribution in [3.8, 4) is 5.75 Å². The Labute approximate surface area is 236 Å². The molecule has 1 aliphatic carbocycles. The summed E-state index contributed by atoms with van der Waals surface area (Å²) in [5.41, 5.74) is 0.271. The van der Waals surface area contributed by atoms with Crippen LogP contribution in [0.1, 0.15) is 41.6 Å². The van der Waals surface area contributed by atoms with Gasteiger partial charge in [0, 0.05) is 63.1 Å². The number of benzene rings is 1. The summed E-state index contributed by atoms with van der Waals surface area (Å²) in [6, 6.07) is 5.70. The number of nitrogens with zero attached hydrogens (tertiary/aromatic N) is 5. The molecule has 10 nitrogen and oxygen atoms in total. The summed E-state index contributed by atoms with van der Waals surface area (Å²) >= 11 is 0. The number of H-pyrrole nitrogens is 1. The number of amides is 1. The molecule has 3 aliphatic rings. The van der Waals surface area contributed by atoms with Gasteiger partial charge in [-0.1, -0.05) is 0 Å². The number of nitrogens with one attached hydrogen (secondary N) is 3. The highest BCUT2D eigenvalue weighted by Gasteiger charge is 2.36. The normalized spacial score (nSPS) is 19.5. The molecule has 220 valence electrons. The molecule has 0 radical (unpaired) electrons. The number of methoxy groups -OCH3 is 1. The van der Waals surface area contributed by atoms with Crippen LogP contribution in [-0.4, -0.2) is 101 Å². The SMILES string of the molecule is COc1cc(C(=O)N2CCC(N3CCN(C)CC3)CC2)ccc1Nc1nc(NC2CC2)c2c(C(F)(F)F)c[nH]c2n1. The minimum atomic E-state index is -4.54. The van der Waals surface area contributed by atoms with Crippen LogP contribution in [0.2, 0.25) is 0 Å². The number of halogens is 3. The van der Waals surface area contributed by atoms with E-state index in [-0.39, 0.29) is 34.7 Å². The Morgan fingerprint density at radius 2 is 1.78 bits per heavy atom. The maximum atomic E-state index is 13.6. The second kappa shape index (κ2) is 11.0. The molecule has 13 heteroatoms. The summed E-state index contributed by atoms with van der Waals surface area (Å²) < 4.78 is 46.4. The molecule has 3 aromatic rings. The van der Waals surface area contributed by atoms with Crippen molar-refractivity contribution in [3.05, 3.63) is 35.5 Å². The Morgan fingerprint density at radius 1 is 1.05 bits per heavy atom. The highest BCUT2D eigenvalue weighted by molar-refractivity contribution is 5.96. The molecule has 0 bridgehead atoms. The first-order chi connectivity index (χ1) is 19.7. The van der Waals surface area contributed by atoms with Crippen LogP contribution in [0.3, 0.4) is 0 Å². The topological polar surface area (TPSA) is 102 Å². The molecule has 1 saturated carbocycles. The van der Waals surface area contributed by atoms with Crippen molar-refractivity contribution in [2.24, 2.45) is 0 Å². The number of piperidine rings is 1. The minimum absolute atomic E-state index is 0.0497. The predicted octanol–water partition coefficient (Wildman–Crippen LogP) is 4.16. The lowest BCUT2D eigenvalue weighted by Crippen LogP contribution is -2.52. The summed E-state index contributed by atoms with van der Waals surface area (Å²) in [5.74, 6) is 0.594. The zero-order valence-corrected chi connectivity index (χ0v) is 23.2. The van der Waals surface area contributed by atoms with Gasteiger partial charge in [-0.2, -0.15) is 23.1 Å². The Bertz CT molecular complexity index is 1410. The fourth-order valence-corrected chi connectivity index (χ4v) is 5.69. The maximum Gasteiger partial charge on any atom is 0.418 e. The number of aromatic amines is 1. The van der Waals surface area contributed by atoms with Gasteiger partial charge in [0.05, 0.1) is 23.7 Å². The van der Waals surface area contributed by atoms with Crippen molar-refractivity contribution in [3.63, 3.8) is 0 Å². The number of fused-ring (bicyclic) bond motifs is 1. The Kier molecular flexibility index (Phi) is 7.41. The number of ether oxygens (including phenoxy) is 1. The van der Waals surface area contributed by atoms with Crippen LogP contribution in [-0.2, 0) is 6.18 Å². The zero-order valence-electron chi connectivity index (χ0n) is 23.2. The first-order valence-corrected chi connectivity index (χ1v) is 14.1. The molecule has 1 amide bonds. The number of likely N-dealkylation sites (tertiary alicyclic amines) is 1. The van der Waals surface area contributed by atoms with E-state index in [0.29, 0.717) is 36.1 Å². The van der Waals surface area contributed by atoms with Crippen molar-refractivity contribution in [2.45, 2.75) is 43.9 Å². The Morgan fingerprint density at radius 3 is 2.44 bits per heavy atom. The molecule has 0 spiro atoms. The third-order valence-corrected chi connectivity index (χ3v) is 8.26. The second-order valence-corrected chi connectivity index (χ2v) is 11.1. The lowest BCUT2D eigenvalue weighted by Gasteiger charge is -2.42. The van der Waals surface area contributed by atoms with Crippen LogP contribution < -0.4 is 15.4 Å². The van der Waals surface area contributed by atoms with E-state index in [1.807, 2.05) is 4.90 Å². The molecule has 1 aromatic carbocycles. The number of alkyl halides is 3. The van der Waals surface area contributed by atoms with Crippen LogP contribution in [0.4, 0.5) is 30.6 Å². The van der Waals surface area contributed by atoms with Gasteiger partial charge in [-0.15, -0.1) is 0 Å². The van der Waals surface area contributed by atoms with Gasteiger partial charge in [-0.3, -0.25) is 9.69 Å². The number of hydrogen-bond acceptors (Lipinski definition) is 8. The molecule has 2 saturated heterocycles. The van der Waals surface area contributed by atoms with Gasteiger partial charge in [0.15, 0.2) is 0 Å². The van der Waals surface area contributed by atoms with Crippen molar-refractivity contribution >= 4 is 34.4 Å². The van der Waals surface area contributed by atoms with Gasteiger partial charge in [0.25, 0.3) is 5.91 Å². The van der Waals surface area contributed by atoms with Crippen LogP contribution in [0.25, 0.3) is 11.0 Å². The number of carbonyl (C=O) groups is 1. The number of likely N-dealkylation sites (N-methyl/N-ethyl adjacent to an activating group) is 1. The van der Waals surface area contributed by atoms with E-state index >= 15 is 0 Å². The van der Waals surface area contributed by atoms with Gasteiger partial charge in [0.2, 0.25) is 5.95 Å². The number of hydrogen-bond donors (Lipinski definition) is 3. The fraction of sp³-hybridized carbons (Fsp3) is 0.536. The van der Waals surface area contributed by atoms with Crippen molar-refractivity contribution in [1.29, 1.82) is 0 Å². The van der Waals surface area contributed by atoms with E-state index < -0.39 is 11.7 Å². The van der Waals surface area contributed by atoms with E-state index in [1.165, 1.54) is 7.11 Å². The Balaban J connectivity index is 1.17. The highest BCUT2D eigenvalue weighted by Crippen LogP contribution is 2.39. The highest BCUT2D eigenvalue weighted by atomic mass is 19.4. The van der Waals surface area contributed by atoms with E-state index in [4.69, 9.17) is 4.74 Å². The average molecular weight is 573 g/mol. The first-order valence-electron chi connectivity index (χ1n) is 14.1. The molecule has 2 aliphatic heterocycles. The monoisotopic (exact) mass is 572 g/mol. The van der Waals surface area contributed by atoms with E-state index in [2.05, 4.69) is 42.4 Å². The van der Waals surface area contributed by atoms with Crippen molar-refractivity contribution in [1.82, 2.24) is 29.7 Å². The molecule has 0 unspecified atom stereocenters. The number of carbonyl (C=O) groups excluding carboxylic acids is 1. The molecule has 41 heavy (non-hydrogen) atoms. The molecule has 6 rings (SSSR count). The Hall–Kier alpha value is -3.58. The van der Waals surface area contributed by atoms with Gasteiger partial charge in [-0.05, 0) is 50.9 Å². The standard InChI is InChI=1S/C28H35F3N8O2/c1-37-11-13-38(14-12-37)19-7-9-39(10-8-19)26(40)17-3-6-21(22(15-17)41-2)34-27-35-24-23(20(16-32-24)28(29,30)31)25(36-27)33-18-4-5-18/h3,6,15-16,18-19H,4-5,7-14H2,1-2H3,(H3,32,33,34,35,36). The minimum Gasteiger partial charge on any atom is -0.495 e. The predicted molar refractivity (Wildman–Crippen MR) is 150 cm³/mol. The van der Waals surface area contributed by atoms with Crippen LogP contribution >= 0.6 is 0 Å². The van der Waals surface area contributed by atoms with Gasteiger partial charge >= 0.3 is 6.18 Å². The van der Waals surface area contributed by atoms with E-state index in [0.717, 1.165) is 58.1 Å². The number of anilines is 3. The summed E-state index contributed by atoms with van der Waals surface area (Å²) in [6.07, 6.45) is 0.0297. The molecular weight excluding hydrogens is 537 g/mol. The quantitative estimate of drug-likeness (QED) is 0.388. The van der Waals surface area contributed by atoms with E-state index in [9.17, 15) is 18.0 Å². The number of rotatable bonds is 7. The summed E-state index contributed by atoms with van der Waals surface area (Å²) in [5, 5.41) is 6.08.